The lowest BCUT2D eigenvalue weighted by Crippen LogP contribution is -2.24. The number of nitrogens with one attached hydrogen (secondary N) is 1. The van der Waals surface area contributed by atoms with Gasteiger partial charge in [0.15, 0.2) is 0 Å². The highest BCUT2D eigenvalue weighted by atomic mass is 31.2. The average Bonchev–Trinajstić information content (AvgIpc) is 2.16. The van der Waals surface area contributed by atoms with E-state index in [1.165, 1.54) is 0 Å². The molecule has 4 heteroatoms. The molecule has 1 atom stereocenters. The molecule has 0 radical (unpaired) electrons. The first-order chi connectivity index (χ1) is 6.92. The first-order valence-electron chi connectivity index (χ1n) is 5.03. The molecule has 3 nitrogen and oxygen atoms in total. The van der Waals surface area contributed by atoms with Crippen LogP contribution >= 0.6 is 7.52 Å². The number of anilines is 1. The van der Waals surface area contributed by atoms with E-state index in [1.54, 1.807) is 0 Å². The summed E-state index contributed by atoms with van der Waals surface area (Å²) >= 11 is 0. The Morgan fingerprint density at radius 3 is 2.67 bits per heavy atom. The van der Waals surface area contributed by atoms with Gasteiger partial charge < -0.3 is 9.61 Å². The third kappa shape index (κ3) is 1.82. The van der Waals surface area contributed by atoms with Gasteiger partial charge in [0.1, 0.15) is 0 Å². The Labute approximate surface area is 90.3 Å². The van der Waals surface area contributed by atoms with Crippen LogP contribution in [0.2, 0.25) is 0 Å². The molecule has 1 aromatic carbocycles. The molecule has 15 heavy (non-hydrogen) atoms. The smallest absolute Gasteiger partial charge is 0.299 e. The summed E-state index contributed by atoms with van der Waals surface area (Å²) in [6, 6.07) is 7.81. The van der Waals surface area contributed by atoms with Crippen molar-refractivity contribution in [2.45, 2.75) is 32.5 Å². The van der Waals surface area contributed by atoms with E-state index < -0.39 is 7.52 Å². The van der Waals surface area contributed by atoms with E-state index in [0.29, 0.717) is 6.61 Å². The second-order valence-corrected chi connectivity index (χ2v) is 7.69. The van der Waals surface area contributed by atoms with E-state index in [2.05, 4.69) is 5.09 Å². The van der Waals surface area contributed by atoms with Crippen LogP contribution in [0.4, 0.5) is 5.69 Å². The van der Waals surface area contributed by atoms with Crippen LogP contribution in [0.5, 0.6) is 0 Å². The van der Waals surface area contributed by atoms with Crippen LogP contribution in [0.25, 0.3) is 0 Å². The maximum Gasteiger partial charge on any atom is 0.299 e. The normalized spacial score (nSPS) is 25.5. The van der Waals surface area contributed by atoms with E-state index in [9.17, 15) is 4.57 Å². The van der Waals surface area contributed by atoms with Crippen LogP contribution in [0.15, 0.2) is 24.3 Å². The van der Waals surface area contributed by atoms with Gasteiger partial charge in [-0.2, -0.15) is 0 Å². The molecular formula is C11H16NO2P. The van der Waals surface area contributed by atoms with E-state index in [0.717, 1.165) is 11.3 Å². The highest BCUT2D eigenvalue weighted by Gasteiger charge is 2.40. The standard InChI is InChI=1S/C11H16NO2P/c1-11(2,3)15(13)12-10-7-5-4-6-9(10)8-14-15/h4-7H,8H2,1-3H3,(H,12,13). The number of hydrogen-bond donors (Lipinski definition) is 1. The molecule has 1 heterocycles. The van der Waals surface area contributed by atoms with Gasteiger partial charge in [0, 0.05) is 11.3 Å². The minimum absolute atomic E-state index is 0.374. The van der Waals surface area contributed by atoms with Gasteiger partial charge in [-0.05, 0) is 26.8 Å². The molecule has 0 spiro atoms. The Balaban J connectivity index is 2.38. The Morgan fingerprint density at radius 1 is 1.33 bits per heavy atom. The highest BCUT2D eigenvalue weighted by Crippen LogP contribution is 2.60. The number of fused-ring (bicyclic) bond motifs is 1. The molecule has 0 aromatic heterocycles. The second-order valence-electron chi connectivity index (χ2n) is 4.76. The predicted molar refractivity (Wildman–Crippen MR) is 62.2 cm³/mol. The lowest BCUT2D eigenvalue weighted by atomic mass is 10.2. The third-order valence-corrected chi connectivity index (χ3v) is 5.36. The van der Waals surface area contributed by atoms with E-state index in [4.69, 9.17) is 4.52 Å². The molecule has 1 aliphatic rings. The highest BCUT2D eigenvalue weighted by molar-refractivity contribution is 7.62. The molecule has 1 unspecified atom stereocenters. The van der Waals surface area contributed by atoms with E-state index in [1.807, 2.05) is 45.0 Å². The summed E-state index contributed by atoms with van der Waals surface area (Å²) in [7, 11) is -2.78. The molecule has 0 saturated carbocycles. The molecule has 0 bridgehead atoms. The average molecular weight is 225 g/mol. The molecule has 1 aromatic rings. The summed E-state index contributed by atoms with van der Waals surface area (Å²) in [4.78, 5) is 0. The van der Waals surface area contributed by atoms with Crippen LogP contribution in [0, 0.1) is 0 Å². The fourth-order valence-corrected chi connectivity index (χ4v) is 3.11. The van der Waals surface area contributed by atoms with Gasteiger partial charge in [-0.1, -0.05) is 18.2 Å². The maximum absolute atomic E-state index is 12.5. The summed E-state index contributed by atoms with van der Waals surface area (Å²) in [6.07, 6.45) is 0. The molecule has 82 valence electrons. The molecule has 0 saturated heterocycles. The molecule has 0 aliphatic carbocycles. The Hall–Kier alpha value is -0.790. The van der Waals surface area contributed by atoms with Crippen molar-refractivity contribution >= 4 is 13.2 Å². The van der Waals surface area contributed by atoms with Gasteiger partial charge in [0.25, 0.3) is 7.52 Å². The number of benzene rings is 1. The van der Waals surface area contributed by atoms with Crippen LogP contribution in [0.1, 0.15) is 26.3 Å². The van der Waals surface area contributed by atoms with Crippen molar-refractivity contribution < 1.29 is 9.09 Å². The fraction of sp³-hybridized carbons (Fsp3) is 0.455. The zero-order valence-electron chi connectivity index (χ0n) is 9.28. The summed E-state index contributed by atoms with van der Waals surface area (Å²) < 4.78 is 18.0. The van der Waals surface area contributed by atoms with Crippen LogP contribution in [-0.2, 0) is 15.7 Å². The molecule has 2 rings (SSSR count). The van der Waals surface area contributed by atoms with Crippen molar-refractivity contribution in [1.29, 1.82) is 0 Å². The lowest BCUT2D eigenvalue weighted by molar-refractivity contribution is 0.287. The number of rotatable bonds is 0. The topological polar surface area (TPSA) is 38.3 Å². The lowest BCUT2D eigenvalue weighted by Gasteiger charge is -2.35. The van der Waals surface area contributed by atoms with Gasteiger partial charge in [-0.15, -0.1) is 0 Å². The van der Waals surface area contributed by atoms with Gasteiger partial charge >= 0.3 is 0 Å². The zero-order chi connectivity index (χ0) is 11.1. The zero-order valence-corrected chi connectivity index (χ0v) is 10.2. The van der Waals surface area contributed by atoms with Crippen molar-refractivity contribution in [3.05, 3.63) is 29.8 Å². The van der Waals surface area contributed by atoms with E-state index >= 15 is 0 Å². The monoisotopic (exact) mass is 225 g/mol. The third-order valence-electron chi connectivity index (χ3n) is 2.57. The van der Waals surface area contributed by atoms with Crippen LogP contribution in [-0.4, -0.2) is 5.16 Å². The van der Waals surface area contributed by atoms with E-state index in [-0.39, 0.29) is 5.16 Å². The van der Waals surface area contributed by atoms with Gasteiger partial charge in [-0.3, -0.25) is 4.57 Å². The minimum atomic E-state index is -2.78. The largest absolute Gasteiger partial charge is 0.315 e. The van der Waals surface area contributed by atoms with Crippen LogP contribution < -0.4 is 5.09 Å². The van der Waals surface area contributed by atoms with Crippen molar-refractivity contribution in [1.82, 2.24) is 0 Å². The van der Waals surface area contributed by atoms with Crippen molar-refractivity contribution in [2.24, 2.45) is 0 Å². The summed E-state index contributed by atoms with van der Waals surface area (Å²) in [5.74, 6) is 0. The molecule has 1 aliphatic heterocycles. The first kappa shape index (κ1) is 10.7. The minimum Gasteiger partial charge on any atom is -0.315 e. The SMILES string of the molecule is CC(C)(C)P1(=O)Nc2ccccc2CO1. The van der Waals surface area contributed by atoms with Gasteiger partial charge in [0.2, 0.25) is 0 Å². The van der Waals surface area contributed by atoms with Crippen molar-refractivity contribution in [2.75, 3.05) is 5.09 Å². The molecule has 0 amide bonds. The fourth-order valence-electron chi connectivity index (χ4n) is 1.47. The Bertz CT molecular complexity index is 423. The summed E-state index contributed by atoms with van der Waals surface area (Å²) in [5, 5.41) is 2.67. The maximum atomic E-state index is 12.5. The van der Waals surface area contributed by atoms with Gasteiger partial charge in [0.05, 0.1) is 11.8 Å². The van der Waals surface area contributed by atoms with Crippen molar-refractivity contribution in [3.8, 4) is 0 Å². The summed E-state index contributed by atoms with van der Waals surface area (Å²) in [5.41, 5.74) is 2.00. The predicted octanol–water partition coefficient (Wildman–Crippen LogP) is 3.62. The molecular weight excluding hydrogens is 209 g/mol. The quantitative estimate of drug-likeness (QED) is 0.685. The Morgan fingerprint density at radius 2 is 2.00 bits per heavy atom. The molecule has 1 N–H and O–H groups in total. The number of hydrogen-bond acceptors (Lipinski definition) is 2. The van der Waals surface area contributed by atoms with Gasteiger partial charge in [-0.25, -0.2) is 0 Å². The second kappa shape index (κ2) is 3.36. The first-order valence-corrected chi connectivity index (χ1v) is 6.66. The Kier molecular flexibility index (Phi) is 2.40. The number of para-hydroxylation sites is 1. The summed E-state index contributed by atoms with van der Waals surface area (Å²) in [6.45, 7) is 6.20. The van der Waals surface area contributed by atoms with Crippen molar-refractivity contribution in [3.63, 3.8) is 0 Å². The van der Waals surface area contributed by atoms with Crippen LogP contribution in [0.3, 0.4) is 0 Å². The molecule has 0 fully saturated rings.